The van der Waals surface area contributed by atoms with Gasteiger partial charge in [0.25, 0.3) is 0 Å². The van der Waals surface area contributed by atoms with Crippen molar-refractivity contribution in [2.75, 3.05) is 7.11 Å². The molecule has 1 atom stereocenters. The molecule has 13 heavy (non-hydrogen) atoms. The van der Waals surface area contributed by atoms with Gasteiger partial charge in [-0.3, -0.25) is 4.90 Å². The third-order valence-corrected chi connectivity index (χ3v) is 1.89. The van der Waals surface area contributed by atoms with Crippen LogP contribution in [0.2, 0.25) is 0 Å². The summed E-state index contributed by atoms with van der Waals surface area (Å²) in [5.41, 5.74) is 0. The molecule has 0 saturated heterocycles. The molecule has 4 nitrogen and oxygen atoms in total. The van der Waals surface area contributed by atoms with Crippen LogP contribution in [-0.4, -0.2) is 41.4 Å². The second kappa shape index (κ2) is 5.19. The van der Waals surface area contributed by atoms with Gasteiger partial charge >= 0.3 is 5.97 Å². The number of hydrogen-bond acceptors (Lipinski definition) is 4. The normalized spacial score (nSPS) is 13.9. The van der Waals surface area contributed by atoms with Crippen molar-refractivity contribution in [1.82, 2.24) is 4.90 Å². The molecule has 0 spiro atoms. The van der Waals surface area contributed by atoms with Gasteiger partial charge in [-0.25, -0.2) is 4.79 Å². The van der Waals surface area contributed by atoms with Gasteiger partial charge in [0, 0.05) is 12.1 Å². The first-order chi connectivity index (χ1) is 5.91. The Morgan fingerprint density at radius 2 is 1.62 bits per heavy atom. The van der Waals surface area contributed by atoms with Crippen LogP contribution in [0.4, 0.5) is 0 Å². The van der Waals surface area contributed by atoms with E-state index >= 15 is 0 Å². The van der Waals surface area contributed by atoms with Gasteiger partial charge in [0.2, 0.25) is 6.23 Å². The second-order valence-electron chi connectivity index (χ2n) is 3.53. The van der Waals surface area contributed by atoms with Crippen molar-refractivity contribution in [3.05, 3.63) is 0 Å². The van der Waals surface area contributed by atoms with Crippen molar-refractivity contribution in [3.8, 4) is 0 Å². The molecule has 78 valence electrons. The lowest BCUT2D eigenvalue weighted by atomic mass is 10.2. The van der Waals surface area contributed by atoms with Gasteiger partial charge < -0.3 is 9.84 Å². The molecule has 1 N–H and O–H groups in total. The van der Waals surface area contributed by atoms with E-state index in [1.54, 1.807) is 4.90 Å². The van der Waals surface area contributed by atoms with E-state index in [9.17, 15) is 9.90 Å². The summed E-state index contributed by atoms with van der Waals surface area (Å²) in [5, 5.41) is 9.57. The molecule has 0 heterocycles. The molecule has 0 amide bonds. The van der Waals surface area contributed by atoms with Crippen LogP contribution in [0.15, 0.2) is 0 Å². The van der Waals surface area contributed by atoms with E-state index in [-0.39, 0.29) is 12.1 Å². The van der Waals surface area contributed by atoms with E-state index in [1.165, 1.54) is 7.11 Å². The zero-order valence-corrected chi connectivity index (χ0v) is 8.94. The number of carbonyl (C=O) groups excluding carboxylic acids is 1. The van der Waals surface area contributed by atoms with Crippen molar-refractivity contribution in [3.63, 3.8) is 0 Å². The zero-order chi connectivity index (χ0) is 10.6. The van der Waals surface area contributed by atoms with Crippen LogP contribution in [0.1, 0.15) is 27.7 Å². The summed E-state index contributed by atoms with van der Waals surface area (Å²) < 4.78 is 4.46. The molecule has 0 radical (unpaired) electrons. The fraction of sp³-hybridized carbons (Fsp3) is 0.889. The maximum absolute atomic E-state index is 11.0. The highest BCUT2D eigenvalue weighted by atomic mass is 16.5. The average Bonchev–Trinajstić information content (AvgIpc) is 2.01. The molecule has 0 aliphatic heterocycles. The summed E-state index contributed by atoms with van der Waals surface area (Å²) in [5.74, 6) is -0.609. The topological polar surface area (TPSA) is 49.8 Å². The summed E-state index contributed by atoms with van der Waals surface area (Å²) in [4.78, 5) is 12.7. The number of methoxy groups -OCH3 is 1. The van der Waals surface area contributed by atoms with Crippen LogP contribution in [0.5, 0.6) is 0 Å². The first-order valence-electron chi connectivity index (χ1n) is 4.45. The highest BCUT2D eigenvalue weighted by Crippen LogP contribution is 2.09. The number of rotatable bonds is 4. The Morgan fingerprint density at radius 3 is 1.85 bits per heavy atom. The summed E-state index contributed by atoms with van der Waals surface area (Å²) in [7, 11) is 1.27. The summed E-state index contributed by atoms with van der Waals surface area (Å²) in [6.07, 6.45) is -1.16. The Labute approximate surface area is 79.5 Å². The molecular weight excluding hydrogens is 170 g/mol. The van der Waals surface area contributed by atoms with E-state index in [0.29, 0.717) is 0 Å². The van der Waals surface area contributed by atoms with Crippen molar-refractivity contribution in [1.29, 1.82) is 0 Å². The smallest absolute Gasteiger partial charge is 0.350 e. The van der Waals surface area contributed by atoms with Crippen LogP contribution in [0.25, 0.3) is 0 Å². The fourth-order valence-corrected chi connectivity index (χ4v) is 1.39. The van der Waals surface area contributed by atoms with Crippen molar-refractivity contribution in [2.45, 2.75) is 46.0 Å². The first kappa shape index (κ1) is 12.4. The molecule has 0 aliphatic carbocycles. The van der Waals surface area contributed by atoms with Crippen LogP contribution in [0.3, 0.4) is 0 Å². The molecule has 1 unspecified atom stereocenters. The molecule has 0 fully saturated rings. The number of nitrogens with zero attached hydrogens (tertiary/aromatic N) is 1. The third-order valence-electron chi connectivity index (χ3n) is 1.89. The fourth-order valence-electron chi connectivity index (χ4n) is 1.39. The second-order valence-corrected chi connectivity index (χ2v) is 3.53. The number of hydrogen-bond donors (Lipinski definition) is 1. The van der Waals surface area contributed by atoms with Crippen LogP contribution < -0.4 is 0 Å². The van der Waals surface area contributed by atoms with Crippen molar-refractivity contribution in [2.24, 2.45) is 0 Å². The third kappa shape index (κ3) is 3.32. The number of aliphatic hydroxyl groups excluding tert-OH is 1. The highest BCUT2D eigenvalue weighted by Gasteiger charge is 2.28. The van der Waals surface area contributed by atoms with E-state index in [1.807, 2.05) is 27.7 Å². The summed E-state index contributed by atoms with van der Waals surface area (Å²) in [6, 6.07) is 0.211. The average molecular weight is 189 g/mol. The first-order valence-corrected chi connectivity index (χ1v) is 4.45. The molecule has 0 aromatic heterocycles. The van der Waals surface area contributed by atoms with Crippen LogP contribution >= 0.6 is 0 Å². The number of esters is 1. The maximum Gasteiger partial charge on any atom is 0.350 e. The lowest BCUT2D eigenvalue weighted by molar-refractivity contribution is -0.165. The van der Waals surface area contributed by atoms with Crippen LogP contribution in [0, 0.1) is 0 Å². The molecule has 0 aliphatic rings. The monoisotopic (exact) mass is 189 g/mol. The summed E-state index contributed by atoms with van der Waals surface area (Å²) in [6.45, 7) is 7.69. The zero-order valence-electron chi connectivity index (χ0n) is 8.94. The van der Waals surface area contributed by atoms with Gasteiger partial charge in [-0.2, -0.15) is 0 Å². The highest BCUT2D eigenvalue weighted by molar-refractivity contribution is 5.73. The van der Waals surface area contributed by atoms with Crippen LogP contribution in [-0.2, 0) is 9.53 Å². The Kier molecular flexibility index (Phi) is 4.95. The van der Waals surface area contributed by atoms with E-state index in [4.69, 9.17) is 0 Å². The molecule has 0 aromatic rings. The molecule has 0 aromatic carbocycles. The number of aliphatic hydroxyl groups is 1. The van der Waals surface area contributed by atoms with E-state index in [0.717, 1.165) is 0 Å². The predicted molar refractivity (Wildman–Crippen MR) is 50.1 cm³/mol. The SMILES string of the molecule is COC(=O)C(O)N(C(C)C)C(C)C. The predicted octanol–water partition coefficient (Wildman–Crippen LogP) is 0.597. The molecule has 0 bridgehead atoms. The Bertz CT molecular complexity index is 160. The maximum atomic E-state index is 11.0. The minimum Gasteiger partial charge on any atom is -0.466 e. The lowest BCUT2D eigenvalue weighted by Crippen LogP contribution is -2.49. The van der Waals surface area contributed by atoms with Crippen molar-refractivity contribution >= 4 is 5.97 Å². The minimum absolute atomic E-state index is 0.106. The molecule has 4 heteroatoms. The number of carbonyl (C=O) groups is 1. The quantitative estimate of drug-likeness (QED) is 0.519. The Morgan fingerprint density at radius 1 is 1.23 bits per heavy atom. The van der Waals surface area contributed by atoms with Gasteiger partial charge in [0.1, 0.15) is 0 Å². The van der Waals surface area contributed by atoms with E-state index < -0.39 is 12.2 Å². The Hall–Kier alpha value is -0.610. The Balaban J connectivity index is 4.46. The molecule has 0 saturated carbocycles. The van der Waals surface area contributed by atoms with Gasteiger partial charge in [-0.1, -0.05) is 0 Å². The van der Waals surface area contributed by atoms with Gasteiger partial charge in [-0.05, 0) is 27.7 Å². The lowest BCUT2D eigenvalue weighted by Gasteiger charge is -2.33. The molecular formula is C9H19NO3. The standard InChI is InChI=1S/C9H19NO3/c1-6(2)10(7(3)4)8(11)9(12)13-5/h6-8,11H,1-5H3. The molecule has 0 rings (SSSR count). The van der Waals surface area contributed by atoms with Gasteiger partial charge in [0.15, 0.2) is 0 Å². The summed E-state index contributed by atoms with van der Waals surface area (Å²) >= 11 is 0. The number of ether oxygens (including phenoxy) is 1. The minimum atomic E-state index is -1.16. The largest absolute Gasteiger partial charge is 0.466 e. The van der Waals surface area contributed by atoms with Gasteiger partial charge in [-0.15, -0.1) is 0 Å². The van der Waals surface area contributed by atoms with Crippen molar-refractivity contribution < 1.29 is 14.6 Å². The van der Waals surface area contributed by atoms with E-state index in [2.05, 4.69) is 4.74 Å². The van der Waals surface area contributed by atoms with Gasteiger partial charge in [0.05, 0.1) is 7.11 Å².